The van der Waals surface area contributed by atoms with Gasteiger partial charge in [-0.2, -0.15) is 0 Å². The van der Waals surface area contributed by atoms with E-state index in [4.69, 9.17) is 0 Å². The number of unbranched alkanes of at least 4 members (excludes halogenated alkanes) is 44. The average molecular weight is 961 g/mol. The van der Waals surface area contributed by atoms with E-state index in [0.717, 1.165) is 44.9 Å². The lowest BCUT2D eigenvalue weighted by Crippen LogP contribution is -2.53. The van der Waals surface area contributed by atoms with Crippen LogP contribution in [0.5, 0.6) is 0 Å². The molecule has 0 fully saturated rings. The summed E-state index contributed by atoms with van der Waals surface area (Å²) in [6.45, 7) is 4.10. The minimum atomic E-state index is -1.26. The van der Waals surface area contributed by atoms with Crippen LogP contribution in [0.4, 0.5) is 0 Å². The van der Waals surface area contributed by atoms with E-state index in [1.54, 1.807) is 0 Å². The molecule has 0 aliphatic rings. The molecule has 0 heterocycles. The van der Waals surface area contributed by atoms with E-state index in [-0.39, 0.29) is 0 Å². The Balaban J connectivity index is 3.60. The Labute approximate surface area is 425 Å². The first-order valence-corrected chi connectivity index (χ1v) is 30.7. The lowest BCUT2D eigenvalue weighted by molar-refractivity contribution is -0.132. The molecule has 6 heteroatoms. The summed E-state index contributed by atoms with van der Waals surface area (Å²) in [5.74, 6) is -0.581. The number of amides is 1. The predicted octanol–water partition coefficient (Wildman–Crippen LogP) is 18.2. The van der Waals surface area contributed by atoms with Gasteiger partial charge in [-0.25, -0.2) is 0 Å². The van der Waals surface area contributed by atoms with Crippen molar-refractivity contribution in [2.24, 2.45) is 0 Å². The number of hydrogen-bond acceptors (Lipinski definition) is 5. The summed E-state index contributed by atoms with van der Waals surface area (Å²) in [4.78, 5) is 12.6. The van der Waals surface area contributed by atoms with Gasteiger partial charge in [-0.3, -0.25) is 4.79 Å². The van der Waals surface area contributed by atoms with Crippen LogP contribution in [0.2, 0.25) is 0 Å². The van der Waals surface area contributed by atoms with E-state index in [1.807, 2.05) is 0 Å². The monoisotopic (exact) mass is 960 g/mol. The molecule has 0 aromatic rings. The Bertz CT molecular complexity index is 1030. The molecule has 0 rings (SSSR count). The van der Waals surface area contributed by atoms with Crippen molar-refractivity contribution in [3.05, 3.63) is 24.3 Å². The first-order chi connectivity index (χ1) is 33.5. The van der Waals surface area contributed by atoms with Gasteiger partial charge in [-0.15, -0.1) is 0 Å². The number of allylic oxidation sites excluding steroid dienone is 4. The smallest absolute Gasteiger partial charge is 0.249 e. The molecule has 0 aromatic carbocycles. The Morgan fingerprint density at radius 3 is 0.926 bits per heavy atom. The summed E-state index contributed by atoms with van der Waals surface area (Å²) in [5.41, 5.74) is 0. The van der Waals surface area contributed by atoms with Gasteiger partial charge in [0.1, 0.15) is 12.2 Å². The molecule has 0 spiro atoms. The second kappa shape index (κ2) is 56.7. The lowest BCUT2D eigenvalue weighted by Gasteiger charge is -2.27. The van der Waals surface area contributed by atoms with Crippen molar-refractivity contribution in [2.75, 3.05) is 6.61 Å². The number of carbonyl (C=O) groups excluding carboxylic acids is 1. The van der Waals surface area contributed by atoms with Crippen LogP contribution in [0.1, 0.15) is 335 Å². The average Bonchev–Trinajstić information content (AvgIpc) is 3.34. The fraction of sp³-hybridized carbons (Fsp3) is 0.919. The third-order valence-corrected chi connectivity index (χ3v) is 14.7. The third kappa shape index (κ3) is 49.8. The Kier molecular flexibility index (Phi) is 55.7. The molecule has 6 nitrogen and oxygen atoms in total. The summed E-state index contributed by atoms with van der Waals surface area (Å²) in [6, 6.07) is -0.987. The van der Waals surface area contributed by atoms with E-state index in [9.17, 15) is 25.2 Å². The number of aliphatic hydroxyl groups excluding tert-OH is 4. The van der Waals surface area contributed by atoms with Crippen molar-refractivity contribution < 1.29 is 25.2 Å². The molecule has 4 unspecified atom stereocenters. The van der Waals surface area contributed by atoms with Crippen molar-refractivity contribution in [1.82, 2.24) is 5.32 Å². The molecule has 0 saturated heterocycles. The van der Waals surface area contributed by atoms with E-state index >= 15 is 0 Å². The standard InChI is InChI=1S/C62H121NO5/c1-3-5-7-9-11-13-15-17-19-21-23-25-27-29-31-33-35-37-39-41-43-45-47-49-51-53-55-59(65)61(67)58(57-64)63-62(68)60(66)56-54-52-50-48-46-44-42-40-38-36-34-32-30-28-26-24-22-20-18-16-14-12-10-8-6-4-2/h24,26,30,32,58-61,64-67H,3-23,25,27-29,31,33-57H2,1-2H3,(H,63,68)/b26-24-,32-30-. The second-order valence-corrected chi connectivity index (χ2v) is 21.4. The highest BCUT2D eigenvalue weighted by Crippen LogP contribution is 2.19. The largest absolute Gasteiger partial charge is 0.394 e. The van der Waals surface area contributed by atoms with Crippen molar-refractivity contribution in [3.63, 3.8) is 0 Å². The maximum atomic E-state index is 12.6. The van der Waals surface area contributed by atoms with Crippen LogP contribution in [-0.4, -0.2) is 57.3 Å². The third-order valence-electron chi connectivity index (χ3n) is 14.7. The van der Waals surface area contributed by atoms with Crippen LogP contribution in [0.15, 0.2) is 24.3 Å². The van der Waals surface area contributed by atoms with Gasteiger partial charge in [-0.1, -0.05) is 314 Å². The molecular formula is C62H121NO5. The Morgan fingerprint density at radius 1 is 0.368 bits per heavy atom. The molecule has 4 atom stereocenters. The summed E-state index contributed by atoms with van der Waals surface area (Å²) in [6.07, 6.45) is 69.7. The fourth-order valence-electron chi connectivity index (χ4n) is 9.85. The summed E-state index contributed by atoms with van der Waals surface area (Å²) >= 11 is 0. The molecule has 68 heavy (non-hydrogen) atoms. The molecule has 404 valence electrons. The van der Waals surface area contributed by atoms with Gasteiger partial charge >= 0.3 is 0 Å². The molecule has 0 bridgehead atoms. The zero-order chi connectivity index (χ0) is 49.5. The molecule has 0 saturated carbocycles. The predicted molar refractivity (Wildman–Crippen MR) is 298 cm³/mol. The first kappa shape index (κ1) is 66.8. The molecule has 0 radical (unpaired) electrons. The highest BCUT2D eigenvalue weighted by molar-refractivity contribution is 5.80. The summed E-state index contributed by atoms with van der Waals surface area (Å²) in [5, 5.41) is 44.1. The van der Waals surface area contributed by atoms with E-state index in [2.05, 4.69) is 43.5 Å². The second-order valence-electron chi connectivity index (χ2n) is 21.4. The fourth-order valence-corrected chi connectivity index (χ4v) is 9.85. The SMILES string of the molecule is CCCCCCCCCCC/C=C\C/C=C\CCCCCCCCCCCCC(O)C(=O)NC(CO)C(O)C(O)CCCCCCCCCCCCCCCCCCCCCCCCCCCC. The van der Waals surface area contributed by atoms with Crippen molar-refractivity contribution >= 4 is 5.91 Å². The number of hydrogen-bond donors (Lipinski definition) is 5. The van der Waals surface area contributed by atoms with Gasteiger partial charge in [0.2, 0.25) is 5.91 Å². The van der Waals surface area contributed by atoms with Gasteiger partial charge in [-0.05, 0) is 44.9 Å². The topological polar surface area (TPSA) is 110 Å². The van der Waals surface area contributed by atoms with Crippen molar-refractivity contribution in [3.8, 4) is 0 Å². The summed E-state index contributed by atoms with van der Waals surface area (Å²) in [7, 11) is 0. The molecule has 0 aliphatic heterocycles. The van der Waals surface area contributed by atoms with Crippen LogP contribution < -0.4 is 5.32 Å². The molecule has 0 aromatic heterocycles. The lowest BCUT2D eigenvalue weighted by atomic mass is 9.99. The summed E-state index contributed by atoms with van der Waals surface area (Å²) < 4.78 is 0. The minimum Gasteiger partial charge on any atom is -0.394 e. The first-order valence-electron chi connectivity index (χ1n) is 30.7. The highest BCUT2D eigenvalue weighted by Gasteiger charge is 2.28. The van der Waals surface area contributed by atoms with Crippen molar-refractivity contribution in [1.29, 1.82) is 0 Å². The van der Waals surface area contributed by atoms with Gasteiger partial charge in [0.15, 0.2) is 0 Å². The maximum absolute atomic E-state index is 12.6. The van der Waals surface area contributed by atoms with E-state index in [0.29, 0.717) is 12.8 Å². The van der Waals surface area contributed by atoms with Crippen LogP contribution in [0, 0.1) is 0 Å². The number of rotatable bonds is 57. The molecular weight excluding hydrogens is 839 g/mol. The van der Waals surface area contributed by atoms with E-state index < -0.39 is 36.9 Å². The van der Waals surface area contributed by atoms with Gasteiger partial charge in [0, 0.05) is 0 Å². The number of aliphatic hydroxyl groups is 4. The van der Waals surface area contributed by atoms with Gasteiger partial charge in [0.25, 0.3) is 0 Å². The van der Waals surface area contributed by atoms with Crippen LogP contribution >= 0.6 is 0 Å². The van der Waals surface area contributed by atoms with Crippen molar-refractivity contribution in [2.45, 2.75) is 359 Å². The van der Waals surface area contributed by atoms with Crippen LogP contribution in [-0.2, 0) is 4.79 Å². The van der Waals surface area contributed by atoms with Gasteiger partial charge in [0.05, 0.1) is 18.8 Å². The molecule has 5 N–H and O–H groups in total. The molecule has 0 aliphatic carbocycles. The normalized spacial score (nSPS) is 13.8. The Hall–Kier alpha value is -1.21. The Morgan fingerprint density at radius 2 is 0.632 bits per heavy atom. The van der Waals surface area contributed by atoms with Crippen LogP contribution in [0.3, 0.4) is 0 Å². The van der Waals surface area contributed by atoms with E-state index in [1.165, 1.54) is 263 Å². The zero-order valence-corrected chi connectivity index (χ0v) is 45.9. The molecule has 1 amide bonds. The quantitative estimate of drug-likeness (QED) is 0.0308. The maximum Gasteiger partial charge on any atom is 0.249 e. The van der Waals surface area contributed by atoms with Crippen LogP contribution in [0.25, 0.3) is 0 Å². The zero-order valence-electron chi connectivity index (χ0n) is 45.9. The highest BCUT2D eigenvalue weighted by atomic mass is 16.3. The minimum absolute atomic E-state index is 0.367. The number of nitrogens with one attached hydrogen (secondary N) is 1. The van der Waals surface area contributed by atoms with Gasteiger partial charge < -0.3 is 25.7 Å². The number of carbonyl (C=O) groups is 1.